The van der Waals surface area contributed by atoms with Gasteiger partial charge in [-0.1, -0.05) is 68.1 Å². The van der Waals surface area contributed by atoms with Crippen LogP contribution < -0.4 is 11.5 Å². The fourth-order valence-corrected chi connectivity index (χ4v) is 2.96. The molecule has 1 aromatic rings. The van der Waals surface area contributed by atoms with Crippen LogP contribution in [0.2, 0.25) is 0 Å². The number of nitrogens with two attached hydrogens (primary N) is 2. The molecule has 0 radical (unpaired) electrons. The molecule has 0 saturated heterocycles. The second-order valence-corrected chi connectivity index (χ2v) is 6.37. The molecule has 1 rings (SSSR count). The Morgan fingerprint density at radius 2 is 1.84 bits per heavy atom. The summed E-state index contributed by atoms with van der Waals surface area (Å²) in [7, 11) is 0. The van der Waals surface area contributed by atoms with Crippen LogP contribution in [-0.4, -0.2) is 9.98 Å². The van der Waals surface area contributed by atoms with Crippen LogP contribution in [0.4, 0.5) is 0 Å². The van der Waals surface area contributed by atoms with Gasteiger partial charge in [0.25, 0.3) is 0 Å². The van der Waals surface area contributed by atoms with Gasteiger partial charge in [0.2, 0.25) is 0 Å². The third-order valence-corrected chi connectivity index (χ3v) is 3.85. The van der Waals surface area contributed by atoms with E-state index in [4.69, 9.17) is 35.9 Å². The molecule has 2 atom stereocenters. The van der Waals surface area contributed by atoms with Crippen molar-refractivity contribution in [2.75, 3.05) is 0 Å². The number of rotatable bonds is 6. The normalized spacial score (nSPS) is 14.1. The van der Waals surface area contributed by atoms with E-state index in [0.29, 0.717) is 22.3 Å². The quantitative estimate of drug-likeness (QED) is 0.790. The van der Waals surface area contributed by atoms with Crippen molar-refractivity contribution in [3.8, 4) is 0 Å². The molecule has 0 fully saturated rings. The first-order chi connectivity index (χ1) is 8.82. The Labute approximate surface area is 126 Å². The molecule has 19 heavy (non-hydrogen) atoms. The minimum atomic E-state index is 0.0244. The molecule has 4 N–H and O–H groups in total. The van der Waals surface area contributed by atoms with E-state index in [1.165, 1.54) is 5.56 Å². The van der Waals surface area contributed by atoms with Crippen molar-refractivity contribution >= 4 is 34.4 Å². The summed E-state index contributed by atoms with van der Waals surface area (Å²) in [5.74, 6) is 0.682. The summed E-state index contributed by atoms with van der Waals surface area (Å²) in [5, 5.41) is 0. The Morgan fingerprint density at radius 1 is 1.21 bits per heavy atom. The smallest absolute Gasteiger partial charge is 0.0806 e. The van der Waals surface area contributed by atoms with Crippen LogP contribution in [0, 0.1) is 18.8 Å². The lowest BCUT2D eigenvalue weighted by molar-refractivity contribution is 0.376. The number of aryl methyl sites for hydroxylation is 1. The van der Waals surface area contributed by atoms with Crippen molar-refractivity contribution in [1.82, 2.24) is 0 Å². The van der Waals surface area contributed by atoms with Gasteiger partial charge in [0.05, 0.1) is 9.98 Å². The summed E-state index contributed by atoms with van der Waals surface area (Å²) in [6.07, 6.45) is 0.670. The first kappa shape index (κ1) is 16.1. The highest BCUT2D eigenvalue weighted by atomic mass is 32.1. The molecular weight excluding hydrogens is 272 g/mol. The first-order valence-electron chi connectivity index (χ1n) is 6.47. The molecule has 4 heteroatoms. The second kappa shape index (κ2) is 6.96. The molecule has 2 nitrogen and oxygen atoms in total. The summed E-state index contributed by atoms with van der Waals surface area (Å²) in [6.45, 7) is 6.38. The maximum absolute atomic E-state index is 5.98. The average Bonchev–Trinajstić information content (AvgIpc) is 2.27. The van der Waals surface area contributed by atoms with E-state index >= 15 is 0 Å². The monoisotopic (exact) mass is 294 g/mol. The minimum absolute atomic E-state index is 0.0244. The van der Waals surface area contributed by atoms with E-state index in [0.717, 1.165) is 5.56 Å². The zero-order valence-electron chi connectivity index (χ0n) is 11.7. The third kappa shape index (κ3) is 4.55. The van der Waals surface area contributed by atoms with Gasteiger partial charge in [-0.25, -0.2) is 0 Å². The van der Waals surface area contributed by atoms with Crippen LogP contribution >= 0.6 is 24.4 Å². The van der Waals surface area contributed by atoms with Crippen molar-refractivity contribution in [2.45, 2.75) is 33.1 Å². The molecule has 1 aromatic carbocycles. The predicted octanol–water partition coefficient (Wildman–Crippen LogP) is 3.31. The second-order valence-electron chi connectivity index (χ2n) is 5.37. The zero-order valence-corrected chi connectivity index (χ0v) is 13.4. The number of benzene rings is 1. The molecule has 0 saturated carbocycles. The predicted molar refractivity (Wildman–Crippen MR) is 90.4 cm³/mol. The standard InChI is InChI=1S/C15H22N2S2/c1-9(2)12(8-13(16)18)14(15(17)19)11-6-4-5-10(3)7-11/h4-7,9,12,14H,8H2,1-3H3,(H2,16,18)(H2,17,19). The lowest BCUT2D eigenvalue weighted by Crippen LogP contribution is -2.32. The van der Waals surface area contributed by atoms with Crippen LogP contribution in [0.25, 0.3) is 0 Å². The number of hydrogen-bond donors (Lipinski definition) is 2. The molecule has 2 unspecified atom stereocenters. The van der Waals surface area contributed by atoms with Crippen molar-refractivity contribution in [3.63, 3.8) is 0 Å². The summed E-state index contributed by atoms with van der Waals surface area (Å²) >= 11 is 10.4. The Morgan fingerprint density at radius 3 is 2.26 bits per heavy atom. The van der Waals surface area contributed by atoms with Gasteiger partial charge in [0, 0.05) is 12.3 Å². The topological polar surface area (TPSA) is 52.0 Å². The van der Waals surface area contributed by atoms with Crippen LogP contribution in [0.1, 0.15) is 37.3 Å². The molecular formula is C15H22N2S2. The fraction of sp³-hybridized carbons (Fsp3) is 0.467. The van der Waals surface area contributed by atoms with Gasteiger partial charge in [-0.15, -0.1) is 0 Å². The van der Waals surface area contributed by atoms with Gasteiger partial charge in [-0.3, -0.25) is 0 Å². The summed E-state index contributed by atoms with van der Waals surface area (Å²) < 4.78 is 0. The maximum atomic E-state index is 5.98. The van der Waals surface area contributed by atoms with E-state index in [-0.39, 0.29) is 11.8 Å². The Hall–Kier alpha value is -1.00. The molecule has 0 aliphatic rings. The summed E-state index contributed by atoms with van der Waals surface area (Å²) in [6, 6.07) is 8.32. The third-order valence-electron chi connectivity index (χ3n) is 3.43. The van der Waals surface area contributed by atoms with Gasteiger partial charge in [-0.05, 0) is 24.3 Å². The van der Waals surface area contributed by atoms with E-state index in [2.05, 4.69) is 39.0 Å². The number of hydrogen-bond acceptors (Lipinski definition) is 2. The summed E-state index contributed by atoms with van der Waals surface area (Å²) in [5.41, 5.74) is 14.1. The highest BCUT2D eigenvalue weighted by Gasteiger charge is 2.28. The highest BCUT2D eigenvalue weighted by Crippen LogP contribution is 2.33. The SMILES string of the molecule is Cc1cccc(C(C(N)=S)C(CC(N)=S)C(C)C)c1. The molecule has 104 valence electrons. The lowest BCUT2D eigenvalue weighted by Gasteiger charge is -2.30. The summed E-state index contributed by atoms with van der Waals surface area (Å²) in [4.78, 5) is 1.04. The van der Waals surface area contributed by atoms with Gasteiger partial charge >= 0.3 is 0 Å². The van der Waals surface area contributed by atoms with E-state index < -0.39 is 0 Å². The number of thiocarbonyl (C=S) groups is 2. The first-order valence-corrected chi connectivity index (χ1v) is 7.28. The van der Waals surface area contributed by atoms with Crippen molar-refractivity contribution in [1.29, 1.82) is 0 Å². The van der Waals surface area contributed by atoms with Crippen LogP contribution in [-0.2, 0) is 0 Å². The lowest BCUT2D eigenvalue weighted by atomic mass is 9.77. The van der Waals surface area contributed by atoms with Gasteiger partial charge in [-0.2, -0.15) is 0 Å². The van der Waals surface area contributed by atoms with E-state index in [1.807, 2.05) is 6.07 Å². The van der Waals surface area contributed by atoms with E-state index in [9.17, 15) is 0 Å². The Bertz CT molecular complexity index is 469. The Kier molecular flexibility index (Phi) is 5.88. The average molecular weight is 294 g/mol. The van der Waals surface area contributed by atoms with Crippen molar-refractivity contribution in [3.05, 3.63) is 35.4 Å². The van der Waals surface area contributed by atoms with Crippen LogP contribution in [0.15, 0.2) is 24.3 Å². The largest absolute Gasteiger partial charge is 0.393 e. The molecule has 0 aliphatic heterocycles. The highest BCUT2D eigenvalue weighted by molar-refractivity contribution is 7.80. The molecule has 0 spiro atoms. The van der Waals surface area contributed by atoms with Crippen molar-refractivity contribution in [2.24, 2.45) is 23.3 Å². The van der Waals surface area contributed by atoms with Crippen LogP contribution in [0.3, 0.4) is 0 Å². The van der Waals surface area contributed by atoms with Crippen LogP contribution in [0.5, 0.6) is 0 Å². The molecule has 0 bridgehead atoms. The van der Waals surface area contributed by atoms with Gasteiger partial charge in [0.15, 0.2) is 0 Å². The van der Waals surface area contributed by atoms with Crippen molar-refractivity contribution < 1.29 is 0 Å². The zero-order chi connectivity index (χ0) is 14.6. The maximum Gasteiger partial charge on any atom is 0.0806 e. The molecule has 0 amide bonds. The minimum Gasteiger partial charge on any atom is -0.393 e. The molecule has 0 aromatic heterocycles. The van der Waals surface area contributed by atoms with E-state index in [1.54, 1.807) is 0 Å². The van der Waals surface area contributed by atoms with Gasteiger partial charge < -0.3 is 11.5 Å². The molecule has 0 aliphatic carbocycles. The fourth-order valence-electron chi connectivity index (χ4n) is 2.46. The molecule has 0 heterocycles. The van der Waals surface area contributed by atoms with Gasteiger partial charge in [0.1, 0.15) is 0 Å². The Balaban J connectivity index is 3.17.